The van der Waals surface area contributed by atoms with Gasteiger partial charge in [-0.1, -0.05) is 79.1 Å². The van der Waals surface area contributed by atoms with Crippen LogP contribution in [-0.2, 0) is 9.59 Å². The van der Waals surface area contributed by atoms with Gasteiger partial charge in [-0.15, -0.1) is 0 Å². The maximum atomic E-state index is 13.7. The average Bonchev–Trinajstić information content (AvgIpc) is 3.18. The average molecular weight is 603 g/mol. The standard InChI is InChI=1S/C32H44BrNO5/c1-3-8-20(16-22-17-23(33)13-15-27(22)36)12-14-28(37)29-21(9-4-2)18-25-30(26(29)19-35)32(39)34(31(25)38)24-10-6-5-7-11-24/h13,15-17,24-26,28,30,35-37H,3-12,14,18-19H2,1-2H3/b20-16+/t25-,26+,28-,30-/m1/s1. The summed E-state index contributed by atoms with van der Waals surface area (Å²) in [7, 11) is 0. The number of hydrogen-bond acceptors (Lipinski definition) is 5. The number of carbonyl (C=O) groups excluding carboxylic acids is 2. The van der Waals surface area contributed by atoms with E-state index in [4.69, 9.17) is 0 Å². The minimum absolute atomic E-state index is 0.0251. The lowest BCUT2D eigenvalue weighted by molar-refractivity contribution is -0.143. The third-order valence-corrected chi connectivity index (χ3v) is 9.42. The van der Waals surface area contributed by atoms with Gasteiger partial charge in [0.25, 0.3) is 0 Å². The van der Waals surface area contributed by atoms with Crippen molar-refractivity contribution in [3.8, 4) is 5.75 Å². The lowest BCUT2D eigenvalue weighted by Crippen LogP contribution is -2.42. The zero-order valence-electron chi connectivity index (χ0n) is 23.4. The van der Waals surface area contributed by atoms with Crippen molar-refractivity contribution in [3.63, 3.8) is 0 Å². The molecule has 39 heavy (non-hydrogen) atoms. The monoisotopic (exact) mass is 601 g/mol. The van der Waals surface area contributed by atoms with Crippen molar-refractivity contribution < 1.29 is 24.9 Å². The van der Waals surface area contributed by atoms with Crippen LogP contribution in [0, 0.1) is 17.8 Å². The fraction of sp³-hybridized carbons (Fsp3) is 0.625. The molecule has 1 heterocycles. The summed E-state index contributed by atoms with van der Waals surface area (Å²) < 4.78 is 0.886. The first-order chi connectivity index (χ1) is 18.8. The number of phenolic OH excluding ortho intramolecular Hbond substituents is 1. The molecule has 0 unspecified atom stereocenters. The lowest BCUT2D eigenvalue weighted by atomic mass is 9.67. The van der Waals surface area contributed by atoms with Crippen LogP contribution in [0.15, 0.2) is 39.4 Å². The first-order valence-corrected chi connectivity index (χ1v) is 15.7. The molecule has 0 aromatic heterocycles. The zero-order chi connectivity index (χ0) is 28.1. The van der Waals surface area contributed by atoms with Crippen LogP contribution in [0.2, 0.25) is 0 Å². The van der Waals surface area contributed by atoms with Crippen molar-refractivity contribution in [2.75, 3.05) is 6.61 Å². The molecule has 2 fully saturated rings. The lowest BCUT2D eigenvalue weighted by Gasteiger charge is -2.36. The molecule has 1 aromatic carbocycles. The summed E-state index contributed by atoms with van der Waals surface area (Å²) in [6, 6.07) is 5.32. The van der Waals surface area contributed by atoms with Gasteiger partial charge in [-0.3, -0.25) is 14.5 Å². The second-order valence-corrected chi connectivity index (χ2v) is 12.5. The van der Waals surface area contributed by atoms with E-state index < -0.39 is 23.9 Å². The molecule has 6 nitrogen and oxygen atoms in total. The third-order valence-electron chi connectivity index (χ3n) is 8.92. The van der Waals surface area contributed by atoms with Gasteiger partial charge in [-0.2, -0.15) is 0 Å². The van der Waals surface area contributed by atoms with E-state index in [0.717, 1.165) is 84.5 Å². The Labute approximate surface area is 241 Å². The number of nitrogens with zero attached hydrogens (tertiary/aromatic N) is 1. The van der Waals surface area contributed by atoms with Crippen molar-refractivity contribution in [1.82, 2.24) is 4.90 Å². The normalized spacial score (nSPS) is 25.4. The number of likely N-dealkylation sites (tertiary alicyclic amines) is 1. The molecular formula is C32H44BrNO5. The van der Waals surface area contributed by atoms with Crippen LogP contribution >= 0.6 is 15.9 Å². The van der Waals surface area contributed by atoms with Gasteiger partial charge in [0.05, 0.1) is 24.5 Å². The first kappa shape index (κ1) is 30.0. The van der Waals surface area contributed by atoms with Crippen molar-refractivity contribution in [2.45, 2.75) is 103 Å². The highest BCUT2D eigenvalue weighted by Gasteiger charge is 2.56. The van der Waals surface area contributed by atoms with E-state index in [-0.39, 0.29) is 30.2 Å². The van der Waals surface area contributed by atoms with Crippen LogP contribution in [-0.4, -0.2) is 50.8 Å². The van der Waals surface area contributed by atoms with Crippen molar-refractivity contribution >= 4 is 33.8 Å². The van der Waals surface area contributed by atoms with Crippen LogP contribution in [0.5, 0.6) is 5.75 Å². The molecule has 0 bridgehead atoms. The topological polar surface area (TPSA) is 98.1 Å². The van der Waals surface area contributed by atoms with E-state index in [1.165, 1.54) is 0 Å². The highest BCUT2D eigenvalue weighted by Crippen LogP contribution is 2.48. The zero-order valence-corrected chi connectivity index (χ0v) is 25.0. The molecule has 3 aliphatic rings. The molecule has 0 spiro atoms. The van der Waals surface area contributed by atoms with Gasteiger partial charge in [-0.05, 0) is 68.7 Å². The molecule has 2 aliphatic carbocycles. The van der Waals surface area contributed by atoms with Crippen LogP contribution < -0.4 is 0 Å². The van der Waals surface area contributed by atoms with Gasteiger partial charge in [0, 0.05) is 22.0 Å². The number of aliphatic hydroxyl groups is 2. The summed E-state index contributed by atoms with van der Waals surface area (Å²) >= 11 is 3.47. The van der Waals surface area contributed by atoms with Crippen LogP contribution in [0.3, 0.4) is 0 Å². The maximum Gasteiger partial charge on any atom is 0.234 e. The Hall–Kier alpha value is -1.96. The van der Waals surface area contributed by atoms with Crippen molar-refractivity contribution in [1.29, 1.82) is 0 Å². The number of amides is 2. The number of imide groups is 1. The number of halogens is 1. The van der Waals surface area contributed by atoms with Crippen molar-refractivity contribution in [3.05, 3.63) is 45.0 Å². The smallest absolute Gasteiger partial charge is 0.234 e. The number of rotatable bonds is 11. The summed E-state index contributed by atoms with van der Waals surface area (Å²) in [5, 5.41) is 32.5. The molecule has 3 N–H and O–H groups in total. The molecular weight excluding hydrogens is 558 g/mol. The molecule has 1 aromatic rings. The quantitative estimate of drug-likeness (QED) is 0.198. The highest BCUT2D eigenvalue weighted by molar-refractivity contribution is 9.10. The molecule has 214 valence electrons. The number of hydrogen-bond donors (Lipinski definition) is 3. The fourth-order valence-electron chi connectivity index (χ4n) is 7.15. The predicted octanol–water partition coefficient (Wildman–Crippen LogP) is 6.52. The number of allylic oxidation sites excluding steroid dienone is 2. The SMILES string of the molecule is CCCC1=C([C@H](O)CC/C(=C/c2cc(Br)ccc2O)CCC)[C@H](CO)[C@@H]2C(=O)N(C3CCCCC3)C(=O)[C@@H]2C1. The molecule has 4 atom stereocenters. The van der Waals surface area contributed by atoms with Gasteiger partial charge >= 0.3 is 0 Å². The van der Waals surface area contributed by atoms with Crippen molar-refractivity contribution in [2.24, 2.45) is 17.8 Å². The van der Waals surface area contributed by atoms with E-state index in [1.54, 1.807) is 17.0 Å². The Balaban J connectivity index is 1.58. The van der Waals surface area contributed by atoms with E-state index in [1.807, 2.05) is 12.1 Å². The Kier molecular flexibility index (Phi) is 10.5. The molecule has 1 saturated heterocycles. The summed E-state index contributed by atoms with van der Waals surface area (Å²) in [6.45, 7) is 3.94. The van der Waals surface area contributed by atoms with Gasteiger partial charge in [-0.25, -0.2) is 0 Å². The van der Waals surface area contributed by atoms with Gasteiger partial charge in [0.2, 0.25) is 11.8 Å². The second-order valence-electron chi connectivity index (χ2n) is 11.6. The third kappa shape index (κ3) is 6.52. The second kappa shape index (κ2) is 13.6. The molecule has 1 saturated carbocycles. The van der Waals surface area contributed by atoms with Crippen LogP contribution in [0.1, 0.15) is 96.5 Å². The number of benzene rings is 1. The molecule has 0 radical (unpaired) electrons. The number of carbonyl (C=O) groups is 2. The molecule has 4 rings (SSSR count). The number of fused-ring (bicyclic) bond motifs is 1. The first-order valence-electron chi connectivity index (χ1n) is 14.9. The summed E-state index contributed by atoms with van der Waals surface area (Å²) in [4.78, 5) is 28.8. The summed E-state index contributed by atoms with van der Waals surface area (Å²) in [5.74, 6) is -1.54. The Morgan fingerprint density at radius 1 is 1.10 bits per heavy atom. The van der Waals surface area contributed by atoms with E-state index in [2.05, 4.69) is 29.8 Å². The molecule has 2 amide bonds. The summed E-state index contributed by atoms with van der Waals surface area (Å²) in [6.07, 6.45) is 11.2. The Morgan fingerprint density at radius 3 is 2.51 bits per heavy atom. The van der Waals surface area contributed by atoms with Gasteiger partial charge in [0.15, 0.2) is 0 Å². The van der Waals surface area contributed by atoms with Gasteiger partial charge < -0.3 is 15.3 Å². The number of aromatic hydroxyl groups is 1. The van der Waals surface area contributed by atoms with E-state index in [0.29, 0.717) is 19.3 Å². The number of phenols is 1. The molecule has 7 heteroatoms. The van der Waals surface area contributed by atoms with Crippen LogP contribution in [0.25, 0.3) is 6.08 Å². The van der Waals surface area contributed by atoms with Crippen LogP contribution in [0.4, 0.5) is 0 Å². The maximum absolute atomic E-state index is 13.7. The Morgan fingerprint density at radius 2 is 1.85 bits per heavy atom. The minimum atomic E-state index is -0.798. The number of aliphatic hydroxyl groups excluding tert-OH is 2. The molecule has 1 aliphatic heterocycles. The fourth-order valence-corrected chi connectivity index (χ4v) is 7.53. The predicted molar refractivity (Wildman–Crippen MR) is 157 cm³/mol. The van der Waals surface area contributed by atoms with Gasteiger partial charge in [0.1, 0.15) is 5.75 Å². The highest BCUT2D eigenvalue weighted by atomic mass is 79.9. The van der Waals surface area contributed by atoms with E-state index in [9.17, 15) is 24.9 Å². The minimum Gasteiger partial charge on any atom is -0.507 e. The largest absolute Gasteiger partial charge is 0.507 e. The van der Waals surface area contributed by atoms with E-state index >= 15 is 0 Å². The summed E-state index contributed by atoms with van der Waals surface area (Å²) in [5.41, 5.74) is 3.70. The Bertz CT molecular complexity index is 1110.